The highest BCUT2D eigenvalue weighted by molar-refractivity contribution is 9.10. The molecule has 0 bridgehead atoms. The number of benzene rings is 2. The van der Waals surface area contributed by atoms with Crippen molar-refractivity contribution in [2.24, 2.45) is 0 Å². The van der Waals surface area contributed by atoms with Crippen LogP contribution in [0.2, 0.25) is 0 Å². The number of hydrogen-bond acceptors (Lipinski definition) is 6. The lowest BCUT2D eigenvalue weighted by Crippen LogP contribution is -2.53. The number of aryl methyl sites for hydroxylation is 2. The van der Waals surface area contributed by atoms with Crippen LogP contribution in [0.1, 0.15) is 52.3 Å². The van der Waals surface area contributed by atoms with Gasteiger partial charge in [-0.3, -0.25) is 4.79 Å². The summed E-state index contributed by atoms with van der Waals surface area (Å²) in [5.74, 6) is 0.463. The van der Waals surface area contributed by atoms with Crippen molar-refractivity contribution in [3.8, 4) is 5.75 Å². The summed E-state index contributed by atoms with van der Waals surface area (Å²) in [5, 5.41) is 5.41. The van der Waals surface area contributed by atoms with E-state index in [1.807, 2.05) is 26.0 Å². The topological polar surface area (TPSA) is 97.4 Å². The molecule has 35 heavy (non-hydrogen) atoms. The Balaban J connectivity index is 1.38. The molecule has 10 heteroatoms. The van der Waals surface area contributed by atoms with Gasteiger partial charge in [-0.15, -0.1) is 11.3 Å². The second kappa shape index (κ2) is 11.2. The quantitative estimate of drug-likeness (QED) is 0.387. The number of thiazole rings is 1. The molecule has 0 aliphatic heterocycles. The monoisotopic (exact) mass is 577 g/mol. The fraction of sp³-hybridized carbons (Fsp3) is 0.360. The van der Waals surface area contributed by atoms with Crippen molar-refractivity contribution in [1.29, 1.82) is 0 Å². The third-order valence-electron chi connectivity index (χ3n) is 5.85. The van der Waals surface area contributed by atoms with Gasteiger partial charge >= 0.3 is 0 Å². The summed E-state index contributed by atoms with van der Waals surface area (Å²) in [6, 6.07) is 11.8. The highest BCUT2D eigenvalue weighted by Gasteiger charge is 2.31. The maximum Gasteiger partial charge on any atom is 0.271 e. The molecule has 2 N–H and O–H groups in total. The van der Waals surface area contributed by atoms with Gasteiger partial charge in [-0.25, -0.2) is 18.1 Å². The Bertz CT molecular complexity index is 1270. The molecule has 0 radical (unpaired) electrons. The van der Waals surface area contributed by atoms with Crippen LogP contribution in [0.15, 0.2) is 57.2 Å². The maximum atomic E-state index is 12.9. The zero-order valence-electron chi connectivity index (χ0n) is 19.6. The molecule has 186 valence electrons. The van der Waals surface area contributed by atoms with Gasteiger partial charge < -0.3 is 10.1 Å². The van der Waals surface area contributed by atoms with Crippen LogP contribution >= 0.6 is 27.3 Å². The summed E-state index contributed by atoms with van der Waals surface area (Å²) < 4.78 is 35.2. The molecule has 4 rings (SSSR count). The maximum absolute atomic E-state index is 12.9. The normalized spacial score (nSPS) is 18.3. The van der Waals surface area contributed by atoms with E-state index in [0.717, 1.165) is 34.2 Å². The lowest BCUT2D eigenvalue weighted by atomic mass is 9.91. The standard InChI is InChI=1S/C25H28BrN3O4S2/c1-16-11-17(2)13-19(12-16)33-14-24-27-23(15-34-24)25(30)28-21-5-3-4-6-22(21)29-35(31,32)20-9-7-18(26)8-10-20/h7-13,15,21-22,29H,3-6,14H2,1-2H3,(H,28,30). The third kappa shape index (κ3) is 6.91. The van der Waals surface area contributed by atoms with E-state index in [4.69, 9.17) is 4.74 Å². The van der Waals surface area contributed by atoms with Gasteiger partial charge in [0.05, 0.1) is 4.90 Å². The first-order valence-corrected chi connectivity index (χ1v) is 14.6. The van der Waals surface area contributed by atoms with E-state index in [9.17, 15) is 13.2 Å². The van der Waals surface area contributed by atoms with E-state index in [1.165, 1.54) is 11.3 Å². The van der Waals surface area contributed by atoms with Crippen LogP contribution in [0.4, 0.5) is 0 Å². The molecule has 1 amide bonds. The van der Waals surface area contributed by atoms with Gasteiger partial charge in [0.25, 0.3) is 5.91 Å². The third-order valence-corrected chi connectivity index (χ3v) is 8.71. The minimum absolute atomic E-state index is 0.198. The molecule has 2 unspecified atom stereocenters. The molecule has 0 spiro atoms. The lowest BCUT2D eigenvalue weighted by Gasteiger charge is -2.32. The lowest BCUT2D eigenvalue weighted by molar-refractivity contribution is 0.0914. The van der Waals surface area contributed by atoms with Gasteiger partial charge in [-0.2, -0.15) is 0 Å². The second-order valence-corrected chi connectivity index (χ2v) is 12.4. The van der Waals surface area contributed by atoms with E-state index in [1.54, 1.807) is 29.6 Å². The first-order chi connectivity index (χ1) is 16.7. The van der Waals surface area contributed by atoms with Crippen molar-refractivity contribution in [2.45, 2.75) is 63.1 Å². The van der Waals surface area contributed by atoms with Crippen LogP contribution in [0.3, 0.4) is 0 Å². The van der Waals surface area contributed by atoms with Crippen molar-refractivity contribution < 1.29 is 17.9 Å². The van der Waals surface area contributed by atoms with Crippen LogP contribution in [0.5, 0.6) is 5.75 Å². The molecule has 2 aromatic carbocycles. The minimum atomic E-state index is -3.70. The van der Waals surface area contributed by atoms with Gasteiger partial charge in [0.15, 0.2) is 0 Å². The van der Waals surface area contributed by atoms with E-state index in [-0.39, 0.29) is 29.5 Å². The van der Waals surface area contributed by atoms with Crippen LogP contribution in [0.25, 0.3) is 0 Å². The summed E-state index contributed by atoms with van der Waals surface area (Å²) in [7, 11) is -3.70. The average molecular weight is 579 g/mol. The number of nitrogens with zero attached hydrogens (tertiary/aromatic N) is 1. The summed E-state index contributed by atoms with van der Waals surface area (Å²) in [6.45, 7) is 4.31. The SMILES string of the molecule is Cc1cc(C)cc(OCc2nc(C(=O)NC3CCCCC3NS(=O)(=O)c3ccc(Br)cc3)cs2)c1. The smallest absolute Gasteiger partial charge is 0.271 e. The first-order valence-electron chi connectivity index (χ1n) is 11.4. The van der Waals surface area contributed by atoms with Crippen molar-refractivity contribution >= 4 is 43.2 Å². The molecule has 1 heterocycles. The highest BCUT2D eigenvalue weighted by Crippen LogP contribution is 2.23. The van der Waals surface area contributed by atoms with Crippen molar-refractivity contribution in [3.05, 3.63) is 74.1 Å². The fourth-order valence-corrected chi connectivity index (χ4v) is 6.47. The average Bonchev–Trinajstić information content (AvgIpc) is 3.28. The van der Waals surface area contributed by atoms with Crippen LogP contribution < -0.4 is 14.8 Å². The number of rotatable bonds is 8. The summed E-state index contributed by atoms with van der Waals surface area (Å²) >= 11 is 4.69. The summed E-state index contributed by atoms with van der Waals surface area (Å²) in [4.78, 5) is 17.5. The van der Waals surface area contributed by atoms with Crippen LogP contribution in [-0.2, 0) is 16.6 Å². The molecule has 0 saturated heterocycles. The molecule has 1 aromatic heterocycles. The zero-order chi connectivity index (χ0) is 25.0. The molecule has 2 atom stereocenters. The Morgan fingerprint density at radius 1 is 1.09 bits per heavy atom. The Labute approximate surface area is 218 Å². The van der Waals surface area contributed by atoms with Crippen molar-refractivity contribution in [3.63, 3.8) is 0 Å². The van der Waals surface area contributed by atoms with Crippen molar-refractivity contribution in [2.75, 3.05) is 0 Å². The predicted octanol–water partition coefficient (Wildman–Crippen LogP) is 5.12. The number of nitrogens with one attached hydrogen (secondary N) is 2. The number of ether oxygens (including phenoxy) is 1. The van der Waals surface area contributed by atoms with E-state index < -0.39 is 10.0 Å². The molecule has 1 saturated carbocycles. The second-order valence-electron chi connectivity index (χ2n) is 8.78. The molecular weight excluding hydrogens is 550 g/mol. The number of carbonyl (C=O) groups excluding carboxylic acids is 1. The zero-order valence-corrected chi connectivity index (χ0v) is 22.8. The highest BCUT2D eigenvalue weighted by atomic mass is 79.9. The van der Waals surface area contributed by atoms with Gasteiger partial charge in [0.2, 0.25) is 10.0 Å². The number of carbonyl (C=O) groups is 1. The molecule has 1 fully saturated rings. The number of hydrogen-bond donors (Lipinski definition) is 2. The van der Waals surface area contributed by atoms with Crippen LogP contribution in [0, 0.1) is 13.8 Å². The van der Waals surface area contributed by atoms with Crippen LogP contribution in [-0.4, -0.2) is 31.4 Å². The molecule has 1 aliphatic carbocycles. The Kier molecular flexibility index (Phi) is 8.26. The predicted molar refractivity (Wildman–Crippen MR) is 140 cm³/mol. The first kappa shape index (κ1) is 25.8. The largest absolute Gasteiger partial charge is 0.486 e. The van der Waals surface area contributed by atoms with E-state index in [0.29, 0.717) is 23.5 Å². The van der Waals surface area contributed by atoms with Gasteiger partial charge in [0, 0.05) is 21.9 Å². The Morgan fingerprint density at radius 2 is 1.74 bits per heavy atom. The summed E-state index contributed by atoms with van der Waals surface area (Å²) in [6.07, 6.45) is 3.18. The van der Waals surface area contributed by atoms with Gasteiger partial charge in [-0.05, 0) is 74.2 Å². The van der Waals surface area contributed by atoms with E-state index >= 15 is 0 Å². The fourth-order valence-electron chi connectivity index (χ4n) is 4.21. The van der Waals surface area contributed by atoms with Crippen molar-refractivity contribution in [1.82, 2.24) is 15.0 Å². The Morgan fingerprint density at radius 3 is 2.43 bits per heavy atom. The molecule has 1 aliphatic rings. The number of amides is 1. The minimum Gasteiger partial charge on any atom is -0.486 e. The number of sulfonamides is 1. The van der Waals surface area contributed by atoms with E-state index in [2.05, 4.69) is 37.0 Å². The summed E-state index contributed by atoms with van der Waals surface area (Å²) in [5.41, 5.74) is 2.56. The molecule has 3 aromatic rings. The number of halogens is 1. The van der Waals surface area contributed by atoms with Gasteiger partial charge in [0.1, 0.15) is 23.1 Å². The molecule has 7 nitrogen and oxygen atoms in total. The molecular formula is C25H28BrN3O4S2. The number of aromatic nitrogens is 1. The Hall–Kier alpha value is -2.27. The van der Waals surface area contributed by atoms with Gasteiger partial charge in [-0.1, -0.05) is 34.8 Å².